The molecular weight excluding hydrogens is 346 g/mol. The lowest BCUT2D eigenvalue weighted by Crippen LogP contribution is -2.61. The van der Waals surface area contributed by atoms with Crippen molar-refractivity contribution in [1.82, 2.24) is 0 Å². The molecule has 1 atom stereocenters. The van der Waals surface area contributed by atoms with Gasteiger partial charge in [0.25, 0.3) is 0 Å². The summed E-state index contributed by atoms with van der Waals surface area (Å²) in [5, 5.41) is 1.52. The van der Waals surface area contributed by atoms with Gasteiger partial charge in [-0.1, -0.05) is 52.3 Å². The maximum absolute atomic E-state index is 2.62. The first-order valence-corrected chi connectivity index (χ1v) is 11.6. The third kappa shape index (κ3) is 2.68. The van der Waals surface area contributed by atoms with E-state index in [1.165, 1.54) is 59.2 Å². The molecule has 0 radical (unpaired) electrons. The van der Waals surface area contributed by atoms with Crippen LogP contribution in [0.5, 0.6) is 0 Å². The summed E-state index contributed by atoms with van der Waals surface area (Å²) in [6, 6.07) is 13.8. The Bertz CT molecular complexity index is 948. The van der Waals surface area contributed by atoms with Gasteiger partial charge in [-0.2, -0.15) is 4.57 Å². The van der Waals surface area contributed by atoms with Gasteiger partial charge in [0.1, 0.15) is 4.88 Å². The molecule has 27 heavy (non-hydrogen) atoms. The van der Waals surface area contributed by atoms with Gasteiger partial charge in [0.2, 0.25) is 5.69 Å². The van der Waals surface area contributed by atoms with Crippen LogP contribution in [0.1, 0.15) is 76.8 Å². The van der Waals surface area contributed by atoms with Gasteiger partial charge in [0.15, 0.2) is 11.7 Å². The molecule has 0 N–H and O–H groups in total. The molecule has 3 aromatic rings. The molecule has 1 aliphatic heterocycles. The Labute approximate surface area is 168 Å². The first kappa shape index (κ1) is 18.7. The number of fused-ring (bicyclic) bond motifs is 5. The molecule has 0 spiro atoms. The Morgan fingerprint density at radius 1 is 1.00 bits per heavy atom. The average Bonchev–Trinajstić information content (AvgIpc) is 3.11. The van der Waals surface area contributed by atoms with E-state index in [0.717, 1.165) is 0 Å². The minimum absolute atomic E-state index is 0.186. The number of benzene rings is 1. The lowest BCUT2D eigenvalue weighted by atomic mass is 9.70. The number of hydrogen-bond acceptors (Lipinski definition) is 1. The van der Waals surface area contributed by atoms with Crippen molar-refractivity contribution in [1.29, 1.82) is 0 Å². The summed E-state index contributed by atoms with van der Waals surface area (Å²) in [7, 11) is 0. The quantitative estimate of drug-likeness (QED) is 0.399. The van der Waals surface area contributed by atoms with E-state index in [-0.39, 0.29) is 5.54 Å². The first-order chi connectivity index (χ1) is 13.2. The monoisotopic (exact) mass is 378 g/mol. The van der Waals surface area contributed by atoms with Gasteiger partial charge in [-0.15, -0.1) is 11.3 Å². The van der Waals surface area contributed by atoms with Crippen molar-refractivity contribution in [2.45, 2.75) is 77.7 Å². The SMILES string of the molecule is CCCCc1cccc2c3c(sc12)-c1cccc[n+]1C(CC)(CC)C3CC. The van der Waals surface area contributed by atoms with E-state index in [0.29, 0.717) is 5.92 Å². The van der Waals surface area contributed by atoms with Crippen molar-refractivity contribution in [2.24, 2.45) is 0 Å². The molecule has 0 saturated carbocycles. The third-order valence-electron chi connectivity index (χ3n) is 6.84. The molecule has 0 fully saturated rings. The lowest BCUT2D eigenvalue weighted by molar-refractivity contribution is -0.762. The number of nitrogens with zero attached hydrogens (tertiary/aromatic N) is 1. The first-order valence-electron chi connectivity index (χ1n) is 10.8. The summed E-state index contributed by atoms with van der Waals surface area (Å²) in [6.45, 7) is 9.42. The maximum atomic E-state index is 2.62. The van der Waals surface area contributed by atoms with Crippen LogP contribution in [-0.4, -0.2) is 0 Å². The van der Waals surface area contributed by atoms with Crippen molar-refractivity contribution >= 4 is 21.4 Å². The molecule has 0 bridgehead atoms. The standard InChI is InChI=1S/C25H32NS/c1-5-9-13-18-14-12-15-19-22-20(6-2)25(7-3,8-4)26-17-11-10-16-21(26)24(22)27-23(18)19/h10-12,14-17,20H,5-9,13H2,1-4H3/q+1. The van der Waals surface area contributed by atoms with Gasteiger partial charge in [0.05, 0.1) is 5.92 Å². The van der Waals surface area contributed by atoms with E-state index in [9.17, 15) is 0 Å². The number of thiophene rings is 1. The van der Waals surface area contributed by atoms with E-state index in [4.69, 9.17) is 0 Å². The van der Waals surface area contributed by atoms with Crippen LogP contribution < -0.4 is 4.57 Å². The van der Waals surface area contributed by atoms with Crippen LogP contribution in [0.3, 0.4) is 0 Å². The van der Waals surface area contributed by atoms with Gasteiger partial charge >= 0.3 is 0 Å². The van der Waals surface area contributed by atoms with Crippen molar-refractivity contribution in [3.8, 4) is 10.6 Å². The molecule has 1 aromatic carbocycles. The topological polar surface area (TPSA) is 3.88 Å². The molecule has 1 aliphatic rings. The number of unbranched alkanes of at least 4 members (excludes halogenated alkanes) is 1. The highest BCUT2D eigenvalue weighted by molar-refractivity contribution is 7.22. The van der Waals surface area contributed by atoms with E-state index in [1.54, 1.807) is 11.1 Å². The fourth-order valence-corrected chi connectivity index (χ4v) is 6.84. The Balaban J connectivity index is 2.04. The highest BCUT2D eigenvalue weighted by atomic mass is 32.1. The average molecular weight is 379 g/mol. The molecule has 1 nitrogen and oxygen atoms in total. The van der Waals surface area contributed by atoms with Crippen molar-refractivity contribution < 1.29 is 4.57 Å². The second-order valence-electron chi connectivity index (χ2n) is 7.97. The van der Waals surface area contributed by atoms with Gasteiger partial charge in [-0.3, -0.25) is 0 Å². The Morgan fingerprint density at radius 2 is 1.81 bits per heavy atom. The van der Waals surface area contributed by atoms with Crippen molar-refractivity contribution in [3.05, 3.63) is 53.7 Å². The summed E-state index contributed by atoms with van der Waals surface area (Å²) in [5.74, 6) is 0.581. The highest BCUT2D eigenvalue weighted by Crippen LogP contribution is 2.53. The second kappa shape index (κ2) is 7.39. The summed E-state index contributed by atoms with van der Waals surface area (Å²) >= 11 is 2.04. The molecule has 142 valence electrons. The number of rotatable bonds is 6. The van der Waals surface area contributed by atoms with Crippen molar-refractivity contribution in [3.63, 3.8) is 0 Å². The van der Waals surface area contributed by atoms with E-state index in [2.05, 4.69) is 74.9 Å². The second-order valence-corrected chi connectivity index (χ2v) is 8.99. The summed E-state index contributed by atoms with van der Waals surface area (Å²) < 4.78 is 4.15. The number of hydrogen-bond donors (Lipinski definition) is 0. The van der Waals surface area contributed by atoms with Gasteiger partial charge in [-0.05, 0) is 41.8 Å². The van der Waals surface area contributed by atoms with Crippen LogP contribution in [0, 0.1) is 0 Å². The molecule has 2 heteroatoms. The fraction of sp³-hybridized carbons (Fsp3) is 0.480. The van der Waals surface area contributed by atoms with E-state index >= 15 is 0 Å². The van der Waals surface area contributed by atoms with Crippen LogP contribution in [0.15, 0.2) is 42.6 Å². The normalized spacial score (nSPS) is 17.7. The van der Waals surface area contributed by atoms with E-state index in [1.807, 2.05) is 11.3 Å². The molecule has 0 amide bonds. The predicted octanol–water partition coefficient (Wildman–Crippen LogP) is 7.22. The largest absolute Gasteiger partial charge is 0.223 e. The number of pyridine rings is 1. The Hall–Kier alpha value is -1.67. The minimum atomic E-state index is 0.186. The highest BCUT2D eigenvalue weighted by Gasteiger charge is 2.51. The van der Waals surface area contributed by atoms with Crippen LogP contribution in [0.25, 0.3) is 20.7 Å². The van der Waals surface area contributed by atoms with Crippen LogP contribution in [0.4, 0.5) is 0 Å². The number of aryl methyl sites for hydroxylation is 1. The van der Waals surface area contributed by atoms with Crippen LogP contribution in [0.2, 0.25) is 0 Å². The number of aromatic nitrogens is 1. The van der Waals surface area contributed by atoms with Gasteiger partial charge in [0, 0.05) is 29.7 Å². The predicted molar refractivity (Wildman–Crippen MR) is 118 cm³/mol. The fourth-order valence-electron chi connectivity index (χ4n) is 5.42. The summed E-state index contributed by atoms with van der Waals surface area (Å²) in [5.41, 5.74) is 4.78. The van der Waals surface area contributed by atoms with E-state index < -0.39 is 0 Å². The smallest absolute Gasteiger partial charge is 0.192 e. The summed E-state index contributed by atoms with van der Waals surface area (Å²) in [6.07, 6.45) is 9.61. The Kier molecular flexibility index (Phi) is 5.11. The maximum Gasteiger partial charge on any atom is 0.223 e. The molecule has 2 aromatic heterocycles. The minimum Gasteiger partial charge on any atom is -0.192 e. The molecule has 0 saturated heterocycles. The van der Waals surface area contributed by atoms with Crippen molar-refractivity contribution in [2.75, 3.05) is 0 Å². The Morgan fingerprint density at radius 3 is 2.52 bits per heavy atom. The van der Waals surface area contributed by atoms with Gasteiger partial charge < -0.3 is 0 Å². The zero-order valence-electron chi connectivity index (χ0n) is 17.2. The molecular formula is C25H32NS+. The zero-order chi connectivity index (χ0) is 19.0. The zero-order valence-corrected chi connectivity index (χ0v) is 18.0. The molecule has 1 unspecified atom stereocenters. The van der Waals surface area contributed by atoms with Gasteiger partial charge in [-0.25, -0.2) is 0 Å². The third-order valence-corrected chi connectivity index (χ3v) is 8.16. The van der Waals surface area contributed by atoms with Crippen LogP contribution >= 0.6 is 11.3 Å². The lowest BCUT2D eigenvalue weighted by Gasteiger charge is -2.38. The molecule has 0 aliphatic carbocycles. The molecule has 3 heterocycles. The van der Waals surface area contributed by atoms with Crippen LogP contribution in [-0.2, 0) is 12.0 Å². The summed E-state index contributed by atoms with van der Waals surface area (Å²) in [4.78, 5) is 1.51. The molecule has 4 rings (SSSR count).